The highest BCUT2D eigenvalue weighted by Crippen LogP contribution is 2.02. The summed E-state index contributed by atoms with van der Waals surface area (Å²) < 4.78 is 0. The molecule has 0 unspecified atom stereocenters. The lowest BCUT2D eigenvalue weighted by Crippen LogP contribution is -2.17. The lowest BCUT2D eigenvalue weighted by Gasteiger charge is -2.04. The van der Waals surface area contributed by atoms with Crippen LogP contribution < -0.4 is 5.32 Å². The molecule has 0 radical (unpaired) electrons. The molecule has 0 saturated carbocycles. The second-order valence-corrected chi connectivity index (χ2v) is 2.87. The highest BCUT2D eigenvalue weighted by Gasteiger charge is 2.09. The molecule has 0 fully saturated rings. The minimum atomic E-state index is -0.987. The number of aromatic carboxylic acids is 1. The van der Waals surface area contributed by atoms with E-state index in [9.17, 15) is 4.79 Å². The molecule has 0 aromatic carbocycles. The van der Waals surface area contributed by atoms with Gasteiger partial charge in [-0.15, -0.1) is 0 Å². The van der Waals surface area contributed by atoms with Crippen molar-refractivity contribution in [1.29, 1.82) is 0 Å². The molecule has 5 heteroatoms. The van der Waals surface area contributed by atoms with E-state index in [1.54, 1.807) is 0 Å². The SMILES string of the molecule is CCCNCc1ncncc1C(=O)O. The van der Waals surface area contributed by atoms with Crippen molar-refractivity contribution < 1.29 is 9.90 Å². The van der Waals surface area contributed by atoms with Crippen LogP contribution >= 0.6 is 0 Å². The highest BCUT2D eigenvalue weighted by molar-refractivity contribution is 5.88. The van der Waals surface area contributed by atoms with Crippen LogP contribution in [0.25, 0.3) is 0 Å². The van der Waals surface area contributed by atoms with Crippen molar-refractivity contribution in [3.05, 3.63) is 23.8 Å². The predicted octanol–water partition coefficient (Wildman–Crippen LogP) is 0.674. The molecule has 5 nitrogen and oxygen atoms in total. The number of rotatable bonds is 5. The van der Waals surface area contributed by atoms with Crippen LogP contribution in [0.2, 0.25) is 0 Å². The third-order valence-electron chi connectivity index (χ3n) is 1.74. The fraction of sp³-hybridized carbons (Fsp3) is 0.444. The molecule has 76 valence electrons. The summed E-state index contributed by atoms with van der Waals surface area (Å²) >= 11 is 0. The number of hydrogen-bond acceptors (Lipinski definition) is 4. The number of nitrogens with one attached hydrogen (secondary N) is 1. The largest absolute Gasteiger partial charge is 0.478 e. The van der Waals surface area contributed by atoms with E-state index in [2.05, 4.69) is 15.3 Å². The van der Waals surface area contributed by atoms with E-state index < -0.39 is 5.97 Å². The zero-order valence-electron chi connectivity index (χ0n) is 8.03. The van der Waals surface area contributed by atoms with Crippen LogP contribution in [0.1, 0.15) is 29.4 Å². The Balaban J connectivity index is 2.69. The van der Waals surface area contributed by atoms with Gasteiger partial charge >= 0.3 is 5.97 Å². The molecule has 0 atom stereocenters. The first-order valence-corrected chi connectivity index (χ1v) is 4.48. The number of aromatic nitrogens is 2. The smallest absolute Gasteiger partial charge is 0.339 e. The Hall–Kier alpha value is -1.49. The molecule has 14 heavy (non-hydrogen) atoms. The average Bonchev–Trinajstić information content (AvgIpc) is 2.19. The summed E-state index contributed by atoms with van der Waals surface area (Å²) in [6, 6.07) is 0. The van der Waals surface area contributed by atoms with E-state index in [0.29, 0.717) is 12.2 Å². The second-order valence-electron chi connectivity index (χ2n) is 2.87. The number of carboxylic acid groups (broad SMARTS) is 1. The van der Waals surface area contributed by atoms with Crippen molar-refractivity contribution in [3.8, 4) is 0 Å². The Morgan fingerprint density at radius 2 is 2.43 bits per heavy atom. The molecule has 0 aliphatic carbocycles. The molecule has 0 bridgehead atoms. The van der Waals surface area contributed by atoms with Gasteiger partial charge in [0.15, 0.2) is 0 Å². The lowest BCUT2D eigenvalue weighted by atomic mass is 10.2. The molecule has 0 aliphatic heterocycles. The third-order valence-corrected chi connectivity index (χ3v) is 1.74. The summed E-state index contributed by atoms with van der Waals surface area (Å²) in [5.74, 6) is -0.987. The van der Waals surface area contributed by atoms with Crippen molar-refractivity contribution >= 4 is 5.97 Å². The van der Waals surface area contributed by atoms with Crippen LogP contribution in [-0.2, 0) is 6.54 Å². The molecular weight excluding hydrogens is 182 g/mol. The Labute approximate surface area is 82.2 Å². The van der Waals surface area contributed by atoms with E-state index in [0.717, 1.165) is 13.0 Å². The van der Waals surface area contributed by atoms with E-state index in [1.807, 2.05) is 6.92 Å². The number of nitrogens with zero attached hydrogens (tertiary/aromatic N) is 2. The Morgan fingerprint density at radius 3 is 3.07 bits per heavy atom. The average molecular weight is 195 g/mol. The van der Waals surface area contributed by atoms with Gasteiger partial charge in [0.2, 0.25) is 0 Å². The zero-order chi connectivity index (χ0) is 10.4. The maximum absolute atomic E-state index is 10.7. The molecule has 2 N–H and O–H groups in total. The van der Waals surface area contributed by atoms with Gasteiger partial charge in [-0.1, -0.05) is 6.92 Å². The van der Waals surface area contributed by atoms with Crippen molar-refractivity contribution in [3.63, 3.8) is 0 Å². The molecule has 0 saturated heterocycles. The first kappa shape index (κ1) is 10.6. The Morgan fingerprint density at radius 1 is 1.64 bits per heavy atom. The van der Waals surface area contributed by atoms with E-state index in [4.69, 9.17) is 5.11 Å². The zero-order valence-corrected chi connectivity index (χ0v) is 8.03. The van der Waals surface area contributed by atoms with Crippen LogP contribution in [0, 0.1) is 0 Å². The molecule has 1 rings (SSSR count). The van der Waals surface area contributed by atoms with Crippen molar-refractivity contribution in [2.24, 2.45) is 0 Å². The summed E-state index contributed by atoms with van der Waals surface area (Å²) in [5, 5.41) is 11.9. The number of hydrogen-bond donors (Lipinski definition) is 2. The van der Waals surface area contributed by atoms with Gasteiger partial charge in [0.1, 0.15) is 11.9 Å². The first-order chi connectivity index (χ1) is 6.75. The summed E-state index contributed by atoms with van der Waals surface area (Å²) in [6.07, 6.45) is 3.68. The van der Waals surface area contributed by atoms with Crippen molar-refractivity contribution in [1.82, 2.24) is 15.3 Å². The number of carbonyl (C=O) groups is 1. The van der Waals surface area contributed by atoms with Gasteiger partial charge in [-0.3, -0.25) is 0 Å². The van der Waals surface area contributed by atoms with Crippen LogP contribution in [0.15, 0.2) is 12.5 Å². The topological polar surface area (TPSA) is 75.1 Å². The van der Waals surface area contributed by atoms with E-state index >= 15 is 0 Å². The van der Waals surface area contributed by atoms with Gasteiger partial charge in [0, 0.05) is 12.7 Å². The van der Waals surface area contributed by atoms with Crippen LogP contribution in [0.4, 0.5) is 0 Å². The maximum atomic E-state index is 10.7. The van der Waals surface area contributed by atoms with Crippen LogP contribution in [0.3, 0.4) is 0 Å². The van der Waals surface area contributed by atoms with Crippen molar-refractivity contribution in [2.75, 3.05) is 6.54 Å². The van der Waals surface area contributed by atoms with Gasteiger partial charge in [0.25, 0.3) is 0 Å². The van der Waals surface area contributed by atoms with Gasteiger partial charge in [0.05, 0.1) is 5.69 Å². The monoisotopic (exact) mass is 195 g/mol. The van der Waals surface area contributed by atoms with Gasteiger partial charge in [-0.05, 0) is 13.0 Å². The first-order valence-electron chi connectivity index (χ1n) is 4.48. The molecule has 0 spiro atoms. The fourth-order valence-corrected chi connectivity index (χ4v) is 1.06. The molecule has 0 amide bonds. The van der Waals surface area contributed by atoms with E-state index in [1.165, 1.54) is 12.5 Å². The van der Waals surface area contributed by atoms with Gasteiger partial charge < -0.3 is 10.4 Å². The molecular formula is C9H13N3O2. The molecule has 0 aliphatic rings. The van der Waals surface area contributed by atoms with Crippen molar-refractivity contribution in [2.45, 2.75) is 19.9 Å². The minimum absolute atomic E-state index is 0.163. The Kier molecular flexibility index (Phi) is 4.00. The van der Waals surface area contributed by atoms with Crippen LogP contribution in [-0.4, -0.2) is 27.6 Å². The summed E-state index contributed by atoms with van der Waals surface area (Å²) in [4.78, 5) is 18.3. The minimum Gasteiger partial charge on any atom is -0.478 e. The normalized spacial score (nSPS) is 10.1. The fourth-order valence-electron chi connectivity index (χ4n) is 1.06. The Bertz CT molecular complexity index is 315. The summed E-state index contributed by atoms with van der Waals surface area (Å²) in [5.41, 5.74) is 0.692. The quantitative estimate of drug-likeness (QED) is 0.675. The maximum Gasteiger partial charge on any atom is 0.339 e. The predicted molar refractivity (Wildman–Crippen MR) is 51.0 cm³/mol. The highest BCUT2D eigenvalue weighted by atomic mass is 16.4. The molecule has 1 aromatic heterocycles. The third kappa shape index (κ3) is 2.77. The standard InChI is InChI=1S/C9H13N3O2/c1-2-3-10-5-8-7(9(13)14)4-11-6-12-8/h4,6,10H,2-3,5H2,1H3,(H,13,14). The van der Waals surface area contributed by atoms with Gasteiger partial charge in [-0.25, -0.2) is 14.8 Å². The number of carboxylic acids is 1. The lowest BCUT2D eigenvalue weighted by molar-refractivity contribution is 0.0694. The van der Waals surface area contributed by atoms with E-state index in [-0.39, 0.29) is 5.56 Å². The summed E-state index contributed by atoms with van der Waals surface area (Å²) in [6.45, 7) is 3.37. The van der Waals surface area contributed by atoms with Crippen LogP contribution in [0.5, 0.6) is 0 Å². The second kappa shape index (κ2) is 5.29. The van der Waals surface area contributed by atoms with Gasteiger partial charge in [-0.2, -0.15) is 0 Å². The summed E-state index contributed by atoms with van der Waals surface area (Å²) in [7, 11) is 0. The molecule has 1 heterocycles. The molecule has 1 aromatic rings.